The minimum Gasteiger partial charge on any atom is -0.388 e. The van der Waals surface area contributed by atoms with Gasteiger partial charge in [-0.15, -0.1) is 0 Å². The molecule has 1 unspecified atom stereocenters. The summed E-state index contributed by atoms with van der Waals surface area (Å²) in [6.07, 6.45) is 4.68. The number of unbranched alkanes of at least 4 members (excludes halogenated alkanes) is 2. The van der Waals surface area contributed by atoms with Crippen molar-refractivity contribution in [3.05, 3.63) is 35.4 Å². The van der Waals surface area contributed by atoms with Crippen LogP contribution >= 0.6 is 0 Å². The Hall–Kier alpha value is -0.900. The standard InChI is InChI=1S/C14H24N2O/c15-9-3-1-2-5-12-6-4-7-13(11-12)14(17)8-10-16/h4,6-7,11,14,17H,1-3,5,8-10,15-16H2. The summed E-state index contributed by atoms with van der Waals surface area (Å²) in [5.74, 6) is 0. The fourth-order valence-corrected chi connectivity index (χ4v) is 1.93. The molecule has 0 bridgehead atoms. The van der Waals surface area contributed by atoms with Gasteiger partial charge in [0, 0.05) is 0 Å². The Bertz CT molecular complexity index is 315. The van der Waals surface area contributed by atoms with Crippen LogP contribution in [0, 0.1) is 0 Å². The molecule has 96 valence electrons. The summed E-state index contributed by atoms with van der Waals surface area (Å²) in [4.78, 5) is 0. The molecule has 1 aromatic rings. The van der Waals surface area contributed by atoms with E-state index >= 15 is 0 Å². The zero-order chi connectivity index (χ0) is 12.5. The summed E-state index contributed by atoms with van der Waals surface area (Å²) in [6.45, 7) is 1.29. The van der Waals surface area contributed by atoms with E-state index in [1.807, 2.05) is 12.1 Å². The van der Waals surface area contributed by atoms with E-state index in [0.29, 0.717) is 13.0 Å². The Morgan fingerprint density at radius 1 is 1.06 bits per heavy atom. The zero-order valence-electron chi connectivity index (χ0n) is 10.4. The lowest BCUT2D eigenvalue weighted by atomic mass is 10.0. The summed E-state index contributed by atoms with van der Waals surface area (Å²) in [5.41, 5.74) is 13.2. The number of aliphatic hydroxyl groups is 1. The molecule has 1 aromatic carbocycles. The Kier molecular flexibility index (Phi) is 6.86. The number of hydrogen-bond acceptors (Lipinski definition) is 3. The molecular formula is C14H24N2O. The van der Waals surface area contributed by atoms with Crippen molar-refractivity contribution in [2.24, 2.45) is 11.5 Å². The lowest BCUT2D eigenvalue weighted by Gasteiger charge is -2.11. The maximum absolute atomic E-state index is 9.86. The molecule has 0 aromatic heterocycles. The topological polar surface area (TPSA) is 72.3 Å². The van der Waals surface area contributed by atoms with E-state index in [4.69, 9.17) is 11.5 Å². The van der Waals surface area contributed by atoms with Gasteiger partial charge in [-0.05, 0) is 49.9 Å². The molecule has 17 heavy (non-hydrogen) atoms. The van der Waals surface area contributed by atoms with Crippen LogP contribution in [0.5, 0.6) is 0 Å². The number of benzene rings is 1. The molecule has 1 atom stereocenters. The summed E-state index contributed by atoms with van der Waals surface area (Å²) in [7, 11) is 0. The molecule has 0 fully saturated rings. The van der Waals surface area contributed by atoms with Crippen molar-refractivity contribution in [2.75, 3.05) is 13.1 Å². The van der Waals surface area contributed by atoms with Crippen LogP contribution in [0.25, 0.3) is 0 Å². The van der Waals surface area contributed by atoms with E-state index < -0.39 is 6.10 Å². The van der Waals surface area contributed by atoms with Crippen molar-refractivity contribution in [2.45, 2.75) is 38.2 Å². The first kappa shape index (κ1) is 14.2. The van der Waals surface area contributed by atoms with Gasteiger partial charge in [0.15, 0.2) is 0 Å². The second-order valence-corrected chi connectivity index (χ2v) is 4.44. The number of hydrogen-bond donors (Lipinski definition) is 3. The molecule has 0 saturated carbocycles. The molecule has 3 nitrogen and oxygen atoms in total. The molecule has 0 spiro atoms. The van der Waals surface area contributed by atoms with Gasteiger partial charge >= 0.3 is 0 Å². The van der Waals surface area contributed by atoms with Gasteiger partial charge in [0.1, 0.15) is 0 Å². The van der Waals surface area contributed by atoms with Crippen molar-refractivity contribution in [1.82, 2.24) is 0 Å². The number of aryl methyl sites for hydroxylation is 1. The largest absolute Gasteiger partial charge is 0.388 e. The Balaban J connectivity index is 2.47. The highest BCUT2D eigenvalue weighted by Crippen LogP contribution is 2.18. The van der Waals surface area contributed by atoms with Crippen molar-refractivity contribution in [3.63, 3.8) is 0 Å². The van der Waals surface area contributed by atoms with Gasteiger partial charge in [0.05, 0.1) is 6.10 Å². The van der Waals surface area contributed by atoms with Gasteiger partial charge in [-0.25, -0.2) is 0 Å². The molecule has 0 saturated heterocycles. The average molecular weight is 236 g/mol. The predicted octanol–water partition coefficient (Wildman–Crippen LogP) is 1.74. The minimum atomic E-state index is -0.427. The molecule has 5 N–H and O–H groups in total. The van der Waals surface area contributed by atoms with Gasteiger partial charge in [-0.2, -0.15) is 0 Å². The second-order valence-electron chi connectivity index (χ2n) is 4.44. The fourth-order valence-electron chi connectivity index (χ4n) is 1.93. The summed E-state index contributed by atoms with van der Waals surface area (Å²) in [5, 5.41) is 9.86. The summed E-state index contributed by atoms with van der Waals surface area (Å²) >= 11 is 0. The van der Waals surface area contributed by atoms with E-state index in [2.05, 4.69) is 12.1 Å². The van der Waals surface area contributed by atoms with Crippen LogP contribution in [0.1, 0.15) is 42.9 Å². The second kappa shape index (κ2) is 8.23. The van der Waals surface area contributed by atoms with Gasteiger partial charge in [-0.1, -0.05) is 30.7 Å². The normalized spacial score (nSPS) is 12.6. The first-order valence-electron chi connectivity index (χ1n) is 6.45. The molecule has 0 aliphatic carbocycles. The maximum Gasteiger partial charge on any atom is 0.0802 e. The monoisotopic (exact) mass is 236 g/mol. The molecule has 0 aliphatic rings. The van der Waals surface area contributed by atoms with Crippen LogP contribution in [0.2, 0.25) is 0 Å². The molecule has 0 radical (unpaired) electrons. The van der Waals surface area contributed by atoms with Crippen molar-refractivity contribution in [3.8, 4) is 0 Å². The van der Waals surface area contributed by atoms with Gasteiger partial charge in [-0.3, -0.25) is 0 Å². The van der Waals surface area contributed by atoms with Crippen molar-refractivity contribution in [1.29, 1.82) is 0 Å². The van der Waals surface area contributed by atoms with Crippen LogP contribution in [0.15, 0.2) is 24.3 Å². The highest BCUT2D eigenvalue weighted by atomic mass is 16.3. The molecule has 0 aliphatic heterocycles. The SMILES string of the molecule is NCCCCCc1cccc(C(O)CCN)c1. The number of rotatable bonds is 8. The molecule has 1 rings (SSSR count). The van der Waals surface area contributed by atoms with Crippen LogP contribution in [0.4, 0.5) is 0 Å². The van der Waals surface area contributed by atoms with Crippen LogP contribution in [-0.4, -0.2) is 18.2 Å². The Morgan fingerprint density at radius 3 is 2.59 bits per heavy atom. The highest BCUT2D eigenvalue weighted by Gasteiger charge is 2.06. The van der Waals surface area contributed by atoms with E-state index in [1.54, 1.807) is 0 Å². The smallest absolute Gasteiger partial charge is 0.0802 e. The fraction of sp³-hybridized carbons (Fsp3) is 0.571. The van der Waals surface area contributed by atoms with E-state index in [9.17, 15) is 5.11 Å². The molecule has 3 heteroatoms. The van der Waals surface area contributed by atoms with Crippen LogP contribution in [-0.2, 0) is 6.42 Å². The third-order valence-corrected chi connectivity index (χ3v) is 2.95. The maximum atomic E-state index is 9.86. The van der Waals surface area contributed by atoms with Gasteiger partial charge in [0.2, 0.25) is 0 Å². The van der Waals surface area contributed by atoms with Gasteiger partial charge < -0.3 is 16.6 Å². The third kappa shape index (κ3) is 5.31. The first-order chi connectivity index (χ1) is 8.27. The summed E-state index contributed by atoms with van der Waals surface area (Å²) < 4.78 is 0. The lowest BCUT2D eigenvalue weighted by Crippen LogP contribution is -2.07. The first-order valence-corrected chi connectivity index (χ1v) is 6.45. The number of nitrogens with two attached hydrogens (primary N) is 2. The minimum absolute atomic E-state index is 0.427. The van der Waals surface area contributed by atoms with Crippen LogP contribution < -0.4 is 11.5 Å². The zero-order valence-corrected chi connectivity index (χ0v) is 10.4. The van der Waals surface area contributed by atoms with Crippen molar-refractivity contribution < 1.29 is 5.11 Å². The van der Waals surface area contributed by atoms with Crippen LogP contribution in [0.3, 0.4) is 0 Å². The van der Waals surface area contributed by atoms with E-state index in [1.165, 1.54) is 12.0 Å². The lowest BCUT2D eigenvalue weighted by molar-refractivity contribution is 0.170. The number of aliphatic hydroxyl groups excluding tert-OH is 1. The molecule has 0 heterocycles. The summed E-state index contributed by atoms with van der Waals surface area (Å²) in [6, 6.07) is 8.17. The molecule has 0 amide bonds. The molecular weight excluding hydrogens is 212 g/mol. The Morgan fingerprint density at radius 2 is 1.88 bits per heavy atom. The predicted molar refractivity (Wildman–Crippen MR) is 71.7 cm³/mol. The van der Waals surface area contributed by atoms with Crippen molar-refractivity contribution >= 4 is 0 Å². The average Bonchev–Trinajstić information content (AvgIpc) is 2.35. The third-order valence-electron chi connectivity index (χ3n) is 2.95. The highest BCUT2D eigenvalue weighted by molar-refractivity contribution is 5.25. The van der Waals surface area contributed by atoms with E-state index in [-0.39, 0.29) is 0 Å². The van der Waals surface area contributed by atoms with E-state index in [0.717, 1.165) is 31.4 Å². The van der Waals surface area contributed by atoms with Gasteiger partial charge in [0.25, 0.3) is 0 Å². The quantitative estimate of drug-likeness (QED) is 0.602. The Labute approximate surface area is 104 Å².